The Labute approximate surface area is 150 Å². The first-order valence-electron chi connectivity index (χ1n) is 8.07. The summed E-state index contributed by atoms with van der Waals surface area (Å²) in [7, 11) is -2.05. The summed E-state index contributed by atoms with van der Waals surface area (Å²) in [6.07, 6.45) is 3.17. The molecule has 3 rings (SSSR count). The van der Waals surface area contributed by atoms with E-state index in [-0.39, 0.29) is 34.5 Å². The highest BCUT2D eigenvalue weighted by atomic mass is 32.2. The van der Waals surface area contributed by atoms with Crippen LogP contribution in [0.2, 0.25) is 0 Å². The third kappa shape index (κ3) is 3.32. The number of carbonyl (C=O) groups excluding carboxylic acids is 1. The van der Waals surface area contributed by atoms with Crippen molar-refractivity contribution < 1.29 is 22.7 Å². The minimum atomic E-state index is -3.55. The highest BCUT2D eigenvalue weighted by molar-refractivity contribution is 7.90. The number of nitrogens with one attached hydrogen (secondary N) is 1. The molecule has 0 saturated carbocycles. The van der Waals surface area contributed by atoms with Crippen molar-refractivity contribution in [3.8, 4) is 5.75 Å². The van der Waals surface area contributed by atoms with Crippen LogP contribution in [0.1, 0.15) is 27.9 Å². The van der Waals surface area contributed by atoms with Gasteiger partial charge in [-0.25, -0.2) is 8.42 Å². The van der Waals surface area contributed by atoms with Crippen molar-refractivity contribution in [2.45, 2.75) is 24.3 Å². The van der Waals surface area contributed by atoms with Crippen molar-refractivity contribution in [2.24, 2.45) is 7.05 Å². The van der Waals surface area contributed by atoms with Crippen molar-refractivity contribution in [3.05, 3.63) is 45.4 Å². The minimum absolute atomic E-state index is 0.00726. The summed E-state index contributed by atoms with van der Waals surface area (Å²) in [5, 5.41) is 2.65. The molecular formula is C17H20N2O6S. The zero-order chi connectivity index (χ0) is 19.1. The van der Waals surface area contributed by atoms with Gasteiger partial charge in [-0.1, -0.05) is 0 Å². The average molecular weight is 380 g/mol. The fourth-order valence-corrected chi connectivity index (χ4v) is 3.61. The molecule has 1 aromatic carbocycles. The zero-order valence-corrected chi connectivity index (χ0v) is 15.6. The first kappa shape index (κ1) is 18.4. The van der Waals surface area contributed by atoms with Gasteiger partial charge in [0, 0.05) is 43.7 Å². The molecule has 1 unspecified atom stereocenters. The Morgan fingerprint density at radius 2 is 2.08 bits per heavy atom. The Morgan fingerprint density at radius 1 is 1.38 bits per heavy atom. The van der Waals surface area contributed by atoms with E-state index in [4.69, 9.17) is 9.47 Å². The molecule has 8 nitrogen and oxygen atoms in total. The number of aromatic nitrogens is 2. The van der Waals surface area contributed by atoms with E-state index in [1.54, 1.807) is 6.92 Å². The molecule has 1 aromatic heterocycles. The third-order valence-corrected chi connectivity index (χ3v) is 5.52. The Bertz CT molecular complexity index is 1010. The maximum absolute atomic E-state index is 12.8. The van der Waals surface area contributed by atoms with Gasteiger partial charge >= 0.3 is 0 Å². The van der Waals surface area contributed by atoms with E-state index in [0.29, 0.717) is 12.2 Å². The van der Waals surface area contributed by atoms with Gasteiger partial charge in [0.15, 0.2) is 9.84 Å². The Morgan fingerprint density at radius 3 is 2.58 bits per heavy atom. The van der Waals surface area contributed by atoms with Crippen molar-refractivity contribution in [1.82, 2.24) is 9.78 Å². The van der Waals surface area contributed by atoms with Crippen LogP contribution in [0.15, 0.2) is 28.0 Å². The summed E-state index contributed by atoms with van der Waals surface area (Å²) >= 11 is 0. The number of hydrogen-bond donors (Lipinski definition) is 1. The number of ether oxygens (including phenoxy) is 2. The molecule has 0 amide bonds. The lowest BCUT2D eigenvalue weighted by atomic mass is 10.00. The summed E-state index contributed by atoms with van der Waals surface area (Å²) in [6, 6.07) is 2.75. The van der Waals surface area contributed by atoms with Crippen LogP contribution in [-0.4, -0.2) is 49.6 Å². The molecule has 0 bridgehead atoms. The minimum Gasteiger partial charge on any atom is -0.489 e. The second-order valence-corrected chi connectivity index (χ2v) is 8.29. The van der Waals surface area contributed by atoms with Gasteiger partial charge in [0.1, 0.15) is 22.8 Å². The molecular weight excluding hydrogens is 360 g/mol. The fourth-order valence-electron chi connectivity index (χ4n) is 2.75. The number of H-pyrrole nitrogens is 1. The lowest BCUT2D eigenvalue weighted by molar-refractivity contribution is -0.0725. The van der Waals surface area contributed by atoms with Crippen LogP contribution in [0.5, 0.6) is 5.75 Å². The Hall–Kier alpha value is -2.39. The normalized spacial score (nSPS) is 17.0. The number of aromatic amines is 1. The lowest BCUT2D eigenvalue weighted by Gasteiger charge is -2.27. The van der Waals surface area contributed by atoms with Crippen molar-refractivity contribution >= 4 is 15.6 Å². The first-order chi connectivity index (χ1) is 12.2. The van der Waals surface area contributed by atoms with Crippen molar-refractivity contribution in [2.75, 3.05) is 19.5 Å². The van der Waals surface area contributed by atoms with Crippen molar-refractivity contribution in [3.63, 3.8) is 0 Å². The number of carbonyl (C=O) groups is 1. The maximum atomic E-state index is 12.8. The number of nitrogens with zero attached hydrogens (tertiary/aromatic N) is 1. The van der Waals surface area contributed by atoms with Gasteiger partial charge in [0.05, 0.1) is 6.10 Å². The van der Waals surface area contributed by atoms with Gasteiger partial charge in [0.2, 0.25) is 5.78 Å². The van der Waals surface area contributed by atoms with Crippen LogP contribution in [0.3, 0.4) is 0 Å². The predicted octanol–water partition coefficient (Wildman–Crippen LogP) is 0.824. The van der Waals surface area contributed by atoms with Gasteiger partial charge in [-0.2, -0.15) is 0 Å². The molecule has 1 fully saturated rings. The van der Waals surface area contributed by atoms with Crippen LogP contribution in [-0.2, 0) is 21.6 Å². The van der Waals surface area contributed by atoms with Crippen LogP contribution in [0, 0.1) is 6.92 Å². The fraction of sp³-hybridized carbons (Fsp3) is 0.412. The van der Waals surface area contributed by atoms with Crippen LogP contribution < -0.4 is 10.3 Å². The molecule has 1 aliphatic rings. The quantitative estimate of drug-likeness (QED) is 0.744. The summed E-state index contributed by atoms with van der Waals surface area (Å²) < 4.78 is 36.4. The van der Waals surface area contributed by atoms with E-state index in [1.165, 1.54) is 30.1 Å². The largest absolute Gasteiger partial charge is 0.489 e. The maximum Gasteiger partial charge on any atom is 0.277 e. The van der Waals surface area contributed by atoms with Crippen LogP contribution in [0.25, 0.3) is 0 Å². The molecule has 9 heteroatoms. The second kappa shape index (κ2) is 6.73. The smallest absolute Gasteiger partial charge is 0.277 e. The molecule has 1 atom stereocenters. The monoisotopic (exact) mass is 380 g/mol. The van der Waals surface area contributed by atoms with Gasteiger partial charge in [-0.15, -0.1) is 0 Å². The van der Waals surface area contributed by atoms with E-state index >= 15 is 0 Å². The van der Waals surface area contributed by atoms with E-state index < -0.39 is 21.2 Å². The first-order valence-corrected chi connectivity index (χ1v) is 9.96. The van der Waals surface area contributed by atoms with E-state index in [2.05, 4.69) is 5.10 Å². The van der Waals surface area contributed by atoms with Gasteiger partial charge in [-0.3, -0.25) is 14.3 Å². The van der Waals surface area contributed by atoms with E-state index in [0.717, 1.165) is 12.7 Å². The SMILES string of the molecule is Cc1c(C(=O)c2c[nH]n(C)c2=O)ccc(S(C)(=O)=O)c1OCC1CCO1. The second-order valence-electron chi connectivity index (χ2n) is 6.31. The standard InChI is InChI=1S/C17H20N2O6S/c1-10-12(15(20)13-8-18-19(2)17(13)21)4-5-14(26(3,22)23)16(10)25-9-11-6-7-24-11/h4-5,8,11,18H,6-7,9H2,1-3H3. The molecule has 140 valence electrons. The van der Waals surface area contributed by atoms with E-state index in [9.17, 15) is 18.0 Å². The highest BCUT2D eigenvalue weighted by Gasteiger charge is 2.26. The number of sulfone groups is 1. The summed E-state index contributed by atoms with van der Waals surface area (Å²) in [6.45, 7) is 2.46. The molecule has 1 aliphatic heterocycles. The molecule has 2 aromatic rings. The number of rotatable bonds is 6. The topological polar surface area (TPSA) is 107 Å². The highest BCUT2D eigenvalue weighted by Crippen LogP contribution is 2.32. The number of aryl methyl sites for hydroxylation is 1. The summed E-state index contributed by atoms with van der Waals surface area (Å²) in [5.41, 5.74) is 0.127. The molecule has 0 spiro atoms. The third-order valence-electron chi connectivity index (χ3n) is 4.40. The molecule has 1 saturated heterocycles. The van der Waals surface area contributed by atoms with Gasteiger partial charge in [-0.05, 0) is 19.1 Å². The van der Waals surface area contributed by atoms with Gasteiger partial charge < -0.3 is 14.6 Å². The van der Waals surface area contributed by atoms with Crippen LogP contribution >= 0.6 is 0 Å². The lowest BCUT2D eigenvalue weighted by Crippen LogP contribution is -2.33. The molecule has 26 heavy (non-hydrogen) atoms. The van der Waals surface area contributed by atoms with Crippen LogP contribution in [0.4, 0.5) is 0 Å². The predicted molar refractivity (Wildman–Crippen MR) is 93.6 cm³/mol. The zero-order valence-electron chi connectivity index (χ0n) is 14.7. The molecule has 2 heterocycles. The van der Waals surface area contributed by atoms with Crippen molar-refractivity contribution in [1.29, 1.82) is 0 Å². The number of benzene rings is 1. The number of hydrogen-bond acceptors (Lipinski definition) is 6. The average Bonchev–Trinajstić information content (AvgIpc) is 2.85. The molecule has 0 aliphatic carbocycles. The molecule has 0 radical (unpaired) electrons. The van der Waals surface area contributed by atoms with Gasteiger partial charge in [0.25, 0.3) is 5.56 Å². The molecule has 1 N–H and O–H groups in total. The Kier molecular flexibility index (Phi) is 4.76. The van der Waals surface area contributed by atoms with E-state index in [1.807, 2.05) is 0 Å². The number of ketones is 1. The Balaban J connectivity index is 2.05. The summed E-state index contributed by atoms with van der Waals surface area (Å²) in [5.74, 6) is -0.365. The summed E-state index contributed by atoms with van der Waals surface area (Å²) in [4.78, 5) is 24.8.